The molecule has 0 radical (unpaired) electrons. The van der Waals surface area contributed by atoms with Crippen LogP contribution in [0.3, 0.4) is 0 Å². The maximum atomic E-state index is 14.6. The van der Waals surface area contributed by atoms with Crippen LogP contribution in [-0.2, 0) is 49.5 Å². The zero-order valence-corrected chi connectivity index (χ0v) is 34.3. The smallest absolute Gasteiger partial charge is 0.305 e. The van der Waals surface area contributed by atoms with Gasteiger partial charge in [-0.15, -0.1) is 11.3 Å². The minimum Gasteiger partial charge on any atom is -0.483 e. The van der Waals surface area contributed by atoms with E-state index in [1.807, 2.05) is 13.0 Å². The molecule has 58 heavy (non-hydrogen) atoms. The van der Waals surface area contributed by atoms with Gasteiger partial charge in [-0.05, 0) is 36.8 Å². The van der Waals surface area contributed by atoms with E-state index < -0.39 is 58.9 Å². The summed E-state index contributed by atoms with van der Waals surface area (Å²) >= 11 is 1.45. The van der Waals surface area contributed by atoms with Crippen molar-refractivity contribution < 1.29 is 62.3 Å². The van der Waals surface area contributed by atoms with Crippen molar-refractivity contribution in [2.45, 2.75) is 83.8 Å². The van der Waals surface area contributed by atoms with Crippen LogP contribution in [0, 0.1) is 12.3 Å². The lowest BCUT2D eigenvalue weighted by Crippen LogP contribution is -2.59. The molecule has 17 nitrogen and oxygen atoms in total. The Balaban J connectivity index is 1.25. The highest BCUT2D eigenvalue weighted by atomic mass is 32.1. The van der Waals surface area contributed by atoms with Crippen molar-refractivity contribution in [2.75, 3.05) is 72.6 Å². The number of amides is 4. The van der Waals surface area contributed by atoms with Crippen LogP contribution >= 0.6 is 11.3 Å². The summed E-state index contributed by atoms with van der Waals surface area (Å²) in [6, 6.07) is 3.22. The topological polar surface area (TPSA) is 224 Å². The summed E-state index contributed by atoms with van der Waals surface area (Å²) in [4.78, 5) is 69.7. The molecule has 1 aromatic carbocycles. The van der Waals surface area contributed by atoms with Crippen LogP contribution in [0.15, 0.2) is 23.7 Å². The zero-order chi connectivity index (χ0) is 42.3. The number of thiazole rings is 1. The minimum atomic E-state index is -1.99. The van der Waals surface area contributed by atoms with Crippen LogP contribution in [0.2, 0.25) is 0 Å². The predicted molar refractivity (Wildman–Crippen MR) is 209 cm³/mol. The number of halogens is 1. The molecule has 2 aliphatic rings. The molecule has 1 aliphatic carbocycles. The summed E-state index contributed by atoms with van der Waals surface area (Å²) < 4.78 is 41.9. The van der Waals surface area contributed by atoms with Gasteiger partial charge in [0.1, 0.15) is 17.8 Å². The van der Waals surface area contributed by atoms with E-state index in [2.05, 4.69) is 20.9 Å². The molecule has 0 spiro atoms. The average Bonchev–Trinajstić information content (AvgIpc) is 3.58. The number of rotatable bonds is 25. The number of likely N-dealkylation sites (tertiary alicyclic amines) is 1. The van der Waals surface area contributed by atoms with E-state index >= 15 is 0 Å². The number of aromatic nitrogens is 1. The van der Waals surface area contributed by atoms with E-state index in [0.717, 1.165) is 16.1 Å². The largest absolute Gasteiger partial charge is 0.483 e. The Hall–Kier alpha value is -4.27. The number of carbonyl (C=O) groups is 5. The van der Waals surface area contributed by atoms with Crippen LogP contribution in [0.1, 0.15) is 57.7 Å². The Bertz CT molecular complexity index is 1700. The van der Waals surface area contributed by atoms with Gasteiger partial charge < -0.3 is 54.7 Å². The molecule has 4 rings (SSSR count). The number of carboxylic acid groups (broad SMARTS) is 1. The summed E-state index contributed by atoms with van der Waals surface area (Å²) in [5.41, 5.74) is 1.10. The van der Waals surface area contributed by atoms with Gasteiger partial charge in [0.05, 0.1) is 81.5 Å². The maximum absolute atomic E-state index is 14.6. The first kappa shape index (κ1) is 46.4. The SMILES string of the molecule is Cc1ncsc1-c1ccc(CNC(=O)[C@@H]2C[C@@H](O)CN2C(=O)[C@@H](NC(=O)C2(F)CC2)C(C)(C)C)c(OCC(=O)NCCOCCOCCOCCOCCC(=O)O)c1. The normalized spacial score (nSPS) is 17.7. The Kier molecular flexibility index (Phi) is 17.8. The number of aryl methyl sites for hydroxylation is 1. The number of alkyl halides is 1. The molecule has 19 heteroatoms. The summed E-state index contributed by atoms with van der Waals surface area (Å²) in [5, 5.41) is 27.2. The number of hydrogen-bond donors (Lipinski definition) is 5. The van der Waals surface area contributed by atoms with Crippen molar-refractivity contribution in [2.24, 2.45) is 5.41 Å². The van der Waals surface area contributed by atoms with Gasteiger partial charge in [0.25, 0.3) is 11.8 Å². The van der Waals surface area contributed by atoms with Gasteiger partial charge in [0, 0.05) is 31.6 Å². The van der Waals surface area contributed by atoms with Gasteiger partial charge in [-0.2, -0.15) is 0 Å². The molecule has 2 fully saturated rings. The number of aliphatic hydroxyl groups is 1. The van der Waals surface area contributed by atoms with E-state index in [1.54, 1.807) is 38.4 Å². The zero-order valence-electron chi connectivity index (χ0n) is 33.5. The Morgan fingerprint density at radius 2 is 1.62 bits per heavy atom. The molecule has 1 saturated carbocycles. The monoisotopic (exact) mass is 837 g/mol. The molecule has 1 saturated heterocycles. The molecule has 2 heterocycles. The summed E-state index contributed by atoms with van der Waals surface area (Å²) in [7, 11) is 0. The molecule has 5 N–H and O–H groups in total. The molecule has 322 valence electrons. The van der Waals surface area contributed by atoms with Crippen molar-refractivity contribution >= 4 is 40.9 Å². The fraction of sp³-hybridized carbons (Fsp3) is 0.641. The molecule has 1 aliphatic heterocycles. The number of β-amino-alcohol motifs (C(OH)–C–C–N with tert-alkyl or cyclic N) is 1. The van der Waals surface area contributed by atoms with Gasteiger partial charge in [0.15, 0.2) is 12.3 Å². The first-order valence-electron chi connectivity index (χ1n) is 19.3. The van der Waals surface area contributed by atoms with Crippen LogP contribution < -0.4 is 20.7 Å². The van der Waals surface area contributed by atoms with Crippen LogP contribution in [0.4, 0.5) is 4.39 Å². The van der Waals surface area contributed by atoms with Gasteiger partial charge in [0.2, 0.25) is 11.8 Å². The van der Waals surface area contributed by atoms with Crippen molar-refractivity contribution in [3.8, 4) is 16.2 Å². The first-order chi connectivity index (χ1) is 27.6. The standard InChI is InChI=1S/C39H56FN5O12S/c1-25-33(58-24-43-25)26-5-6-27(30(19-26)57-23-31(47)41-10-12-54-14-16-56-18-17-55-15-13-53-11-7-32(48)49)21-42-35(50)29-20-28(46)22-45(29)36(51)34(38(2,3)4)44-37(52)39(40)8-9-39/h5-6,19,24,28-29,34,46H,7-18,20-23H2,1-4H3,(H,41,47)(H,42,50)(H,44,52)(H,48,49)/t28-,29+,34-/m1/s1. The second kappa shape index (κ2) is 22.2. The number of carbonyl (C=O) groups excluding carboxylic acids is 4. The van der Waals surface area contributed by atoms with Crippen LogP contribution in [-0.4, -0.2) is 146 Å². The number of carboxylic acids is 1. The van der Waals surface area contributed by atoms with Crippen LogP contribution in [0.25, 0.3) is 10.4 Å². The lowest BCUT2D eigenvalue weighted by Gasteiger charge is -2.35. The highest BCUT2D eigenvalue weighted by Gasteiger charge is 2.53. The average molecular weight is 838 g/mol. The van der Waals surface area contributed by atoms with E-state index in [9.17, 15) is 33.5 Å². The maximum Gasteiger partial charge on any atom is 0.305 e. The third-order valence-electron chi connectivity index (χ3n) is 9.38. The predicted octanol–water partition coefficient (Wildman–Crippen LogP) is 1.77. The fourth-order valence-electron chi connectivity index (χ4n) is 5.95. The van der Waals surface area contributed by atoms with E-state index in [0.29, 0.717) is 51.0 Å². The van der Waals surface area contributed by atoms with Gasteiger partial charge in [-0.3, -0.25) is 24.0 Å². The third-order valence-corrected chi connectivity index (χ3v) is 10.4. The molecular weight excluding hydrogens is 782 g/mol. The fourth-order valence-corrected chi connectivity index (χ4v) is 6.75. The van der Waals surface area contributed by atoms with Crippen molar-refractivity contribution in [3.63, 3.8) is 0 Å². The molecule has 2 aromatic rings. The molecule has 4 amide bonds. The molecule has 0 bridgehead atoms. The molecular formula is C39H56FN5O12S. The van der Waals surface area contributed by atoms with E-state index in [4.69, 9.17) is 28.8 Å². The van der Waals surface area contributed by atoms with Gasteiger partial charge in [-0.25, -0.2) is 9.37 Å². The summed E-state index contributed by atoms with van der Waals surface area (Å²) in [6.07, 6.45) is -0.882. The number of aliphatic hydroxyl groups excluding tert-OH is 1. The number of benzene rings is 1. The highest BCUT2D eigenvalue weighted by molar-refractivity contribution is 7.13. The number of hydrogen-bond acceptors (Lipinski definition) is 13. The lowest BCUT2D eigenvalue weighted by molar-refractivity contribution is -0.145. The van der Waals surface area contributed by atoms with Gasteiger partial charge >= 0.3 is 5.97 Å². The number of nitrogens with one attached hydrogen (secondary N) is 3. The molecule has 0 unspecified atom stereocenters. The summed E-state index contributed by atoms with van der Waals surface area (Å²) in [6.45, 7) is 9.19. The van der Waals surface area contributed by atoms with Crippen LogP contribution in [0.5, 0.6) is 5.75 Å². The first-order valence-corrected chi connectivity index (χ1v) is 20.2. The number of nitrogens with zero attached hydrogens (tertiary/aromatic N) is 2. The van der Waals surface area contributed by atoms with Crippen molar-refractivity contribution in [3.05, 3.63) is 35.0 Å². The van der Waals surface area contributed by atoms with Crippen molar-refractivity contribution in [1.82, 2.24) is 25.8 Å². The Morgan fingerprint density at radius 3 is 2.21 bits per heavy atom. The Labute approximate surface area is 341 Å². The van der Waals surface area contributed by atoms with Crippen molar-refractivity contribution in [1.29, 1.82) is 0 Å². The van der Waals surface area contributed by atoms with E-state index in [1.165, 1.54) is 16.2 Å². The lowest BCUT2D eigenvalue weighted by atomic mass is 9.85. The van der Waals surface area contributed by atoms with Gasteiger partial charge in [-0.1, -0.05) is 32.9 Å². The second-order valence-corrected chi connectivity index (χ2v) is 16.0. The third kappa shape index (κ3) is 14.5. The van der Waals surface area contributed by atoms with E-state index in [-0.39, 0.29) is 65.1 Å². The molecule has 3 atom stereocenters. The minimum absolute atomic E-state index is 0.0234. The Morgan fingerprint density at radius 1 is 0.983 bits per heavy atom. The highest BCUT2D eigenvalue weighted by Crippen LogP contribution is 2.40. The second-order valence-electron chi connectivity index (χ2n) is 15.2. The summed E-state index contributed by atoms with van der Waals surface area (Å²) in [5.74, 6) is -2.94. The number of ether oxygens (including phenoxy) is 5. The quantitative estimate of drug-likeness (QED) is 0.0901. The molecule has 1 aromatic heterocycles. The number of aliphatic carboxylic acids is 1.